The number of benzene rings is 1. The summed E-state index contributed by atoms with van der Waals surface area (Å²) in [7, 11) is 0. The molecule has 94 valence electrons. The summed E-state index contributed by atoms with van der Waals surface area (Å²) in [6.07, 6.45) is 1.37. The number of hydrogen-bond acceptors (Lipinski definition) is 3. The molecule has 0 fully saturated rings. The van der Waals surface area contributed by atoms with E-state index in [1.165, 1.54) is 0 Å². The standard InChI is InChI=1S/C12H18ClN3O/c1-2-6-16-12(17)5-7-15-11-8-9(13)3-4-10(11)14/h3-4,8,15H,2,5-7,14H2,1H3,(H,16,17). The average Bonchev–Trinajstić information content (AvgIpc) is 2.31. The van der Waals surface area contributed by atoms with Crippen molar-refractivity contribution in [2.24, 2.45) is 0 Å². The number of carbonyl (C=O) groups is 1. The summed E-state index contributed by atoms with van der Waals surface area (Å²) in [6, 6.07) is 5.22. The molecule has 0 saturated heterocycles. The van der Waals surface area contributed by atoms with Crippen LogP contribution in [0.25, 0.3) is 0 Å². The number of halogens is 1. The lowest BCUT2D eigenvalue weighted by atomic mass is 10.2. The molecule has 5 heteroatoms. The summed E-state index contributed by atoms with van der Waals surface area (Å²) >= 11 is 5.85. The van der Waals surface area contributed by atoms with Gasteiger partial charge in [-0.1, -0.05) is 18.5 Å². The molecule has 1 aromatic carbocycles. The summed E-state index contributed by atoms with van der Waals surface area (Å²) in [5.74, 6) is 0.0416. The van der Waals surface area contributed by atoms with Crippen molar-refractivity contribution in [1.29, 1.82) is 0 Å². The third-order valence-corrected chi connectivity index (χ3v) is 2.49. The van der Waals surface area contributed by atoms with E-state index in [0.717, 1.165) is 18.7 Å². The van der Waals surface area contributed by atoms with Gasteiger partial charge in [0.25, 0.3) is 0 Å². The molecular formula is C12H18ClN3O. The Morgan fingerprint density at radius 1 is 1.41 bits per heavy atom. The van der Waals surface area contributed by atoms with Crippen molar-refractivity contribution < 1.29 is 4.79 Å². The second-order valence-electron chi connectivity index (χ2n) is 3.76. The van der Waals surface area contributed by atoms with Crippen LogP contribution < -0.4 is 16.4 Å². The first kappa shape index (κ1) is 13.6. The zero-order valence-electron chi connectivity index (χ0n) is 9.92. The molecule has 0 aliphatic rings. The second kappa shape index (κ2) is 7.01. The second-order valence-corrected chi connectivity index (χ2v) is 4.19. The van der Waals surface area contributed by atoms with E-state index in [9.17, 15) is 4.79 Å². The van der Waals surface area contributed by atoms with Gasteiger partial charge in [0.05, 0.1) is 11.4 Å². The highest BCUT2D eigenvalue weighted by atomic mass is 35.5. The molecule has 17 heavy (non-hydrogen) atoms. The van der Waals surface area contributed by atoms with Crippen LogP contribution in [0.2, 0.25) is 5.02 Å². The Bertz CT molecular complexity index is 382. The lowest BCUT2D eigenvalue weighted by Gasteiger charge is -2.09. The number of nitrogens with two attached hydrogens (primary N) is 1. The first-order chi connectivity index (χ1) is 8.13. The van der Waals surface area contributed by atoms with E-state index < -0.39 is 0 Å². The van der Waals surface area contributed by atoms with Crippen LogP contribution in [0.5, 0.6) is 0 Å². The highest BCUT2D eigenvalue weighted by Gasteiger charge is 2.02. The van der Waals surface area contributed by atoms with Crippen LogP contribution in [-0.2, 0) is 4.79 Å². The Morgan fingerprint density at radius 3 is 2.88 bits per heavy atom. The quantitative estimate of drug-likeness (QED) is 0.683. The lowest BCUT2D eigenvalue weighted by molar-refractivity contribution is -0.120. The zero-order chi connectivity index (χ0) is 12.7. The molecule has 0 bridgehead atoms. The molecule has 0 saturated carbocycles. The Labute approximate surface area is 107 Å². The minimum atomic E-state index is 0.0416. The van der Waals surface area contributed by atoms with Crippen LogP contribution in [0.1, 0.15) is 19.8 Å². The van der Waals surface area contributed by atoms with Gasteiger partial charge in [-0.3, -0.25) is 4.79 Å². The fraction of sp³-hybridized carbons (Fsp3) is 0.417. The van der Waals surface area contributed by atoms with Gasteiger partial charge in [0.15, 0.2) is 0 Å². The first-order valence-electron chi connectivity index (χ1n) is 5.69. The van der Waals surface area contributed by atoms with E-state index in [1.54, 1.807) is 18.2 Å². The number of nitrogen functional groups attached to an aromatic ring is 1. The van der Waals surface area contributed by atoms with E-state index in [0.29, 0.717) is 23.7 Å². The van der Waals surface area contributed by atoms with Crippen LogP contribution in [0, 0.1) is 0 Å². The van der Waals surface area contributed by atoms with E-state index >= 15 is 0 Å². The van der Waals surface area contributed by atoms with Crippen LogP contribution in [0.15, 0.2) is 18.2 Å². The summed E-state index contributed by atoms with van der Waals surface area (Å²) in [5.41, 5.74) is 7.16. The van der Waals surface area contributed by atoms with Gasteiger partial charge in [-0.2, -0.15) is 0 Å². The van der Waals surface area contributed by atoms with Gasteiger partial charge in [0.1, 0.15) is 0 Å². The van der Waals surface area contributed by atoms with Crippen molar-refractivity contribution in [3.63, 3.8) is 0 Å². The molecule has 0 unspecified atom stereocenters. The summed E-state index contributed by atoms with van der Waals surface area (Å²) in [4.78, 5) is 11.3. The van der Waals surface area contributed by atoms with Gasteiger partial charge in [-0.15, -0.1) is 0 Å². The van der Waals surface area contributed by atoms with Crippen molar-refractivity contribution in [1.82, 2.24) is 5.32 Å². The molecule has 1 amide bonds. The van der Waals surface area contributed by atoms with E-state index in [4.69, 9.17) is 17.3 Å². The molecular weight excluding hydrogens is 238 g/mol. The molecule has 1 aromatic rings. The van der Waals surface area contributed by atoms with Crippen molar-refractivity contribution in [2.45, 2.75) is 19.8 Å². The fourth-order valence-electron chi connectivity index (χ4n) is 1.35. The molecule has 0 atom stereocenters. The van der Waals surface area contributed by atoms with Gasteiger partial charge in [0, 0.05) is 24.5 Å². The topological polar surface area (TPSA) is 67.2 Å². The highest BCUT2D eigenvalue weighted by molar-refractivity contribution is 6.31. The first-order valence-corrected chi connectivity index (χ1v) is 6.07. The molecule has 0 aliphatic heterocycles. The number of anilines is 2. The minimum absolute atomic E-state index is 0.0416. The normalized spacial score (nSPS) is 10.0. The summed E-state index contributed by atoms with van der Waals surface area (Å²) in [6.45, 7) is 3.28. The van der Waals surface area contributed by atoms with Crippen molar-refractivity contribution in [3.8, 4) is 0 Å². The van der Waals surface area contributed by atoms with Crippen LogP contribution in [-0.4, -0.2) is 19.0 Å². The van der Waals surface area contributed by atoms with Crippen LogP contribution in [0.3, 0.4) is 0 Å². The largest absolute Gasteiger partial charge is 0.397 e. The molecule has 1 rings (SSSR count). The number of nitrogens with one attached hydrogen (secondary N) is 2. The van der Waals surface area contributed by atoms with Crippen molar-refractivity contribution in [2.75, 3.05) is 24.1 Å². The van der Waals surface area contributed by atoms with Gasteiger partial charge < -0.3 is 16.4 Å². The molecule has 0 radical (unpaired) electrons. The van der Waals surface area contributed by atoms with E-state index in [2.05, 4.69) is 10.6 Å². The monoisotopic (exact) mass is 255 g/mol. The number of carbonyl (C=O) groups excluding carboxylic acids is 1. The molecule has 4 nitrogen and oxygen atoms in total. The Balaban J connectivity index is 2.35. The average molecular weight is 256 g/mol. The summed E-state index contributed by atoms with van der Waals surface area (Å²) < 4.78 is 0. The maximum Gasteiger partial charge on any atom is 0.221 e. The third-order valence-electron chi connectivity index (χ3n) is 2.26. The zero-order valence-corrected chi connectivity index (χ0v) is 10.7. The molecule has 4 N–H and O–H groups in total. The smallest absolute Gasteiger partial charge is 0.221 e. The van der Waals surface area contributed by atoms with Gasteiger partial charge in [0.2, 0.25) is 5.91 Å². The maximum atomic E-state index is 11.3. The van der Waals surface area contributed by atoms with Gasteiger partial charge in [-0.05, 0) is 24.6 Å². The highest BCUT2D eigenvalue weighted by Crippen LogP contribution is 2.22. The predicted molar refractivity (Wildman–Crippen MR) is 72.3 cm³/mol. The Morgan fingerprint density at radius 2 is 2.18 bits per heavy atom. The Kier molecular flexibility index (Phi) is 5.63. The number of hydrogen-bond donors (Lipinski definition) is 3. The molecule has 0 aromatic heterocycles. The summed E-state index contributed by atoms with van der Waals surface area (Å²) in [5, 5.41) is 6.52. The fourth-order valence-corrected chi connectivity index (χ4v) is 1.52. The Hall–Kier alpha value is -1.42. The third kappa shape index (κ3) is 4.95. The van der Waals surface area contributed by atoms with Crippen molar-refractivity contribution in [3.05, 3.63) is 23.2 Å². The van der Waals surface area contributed by atoms with Gasteiger partial charge >= 0.3 is 0 Å². The van der Waals surface area contributed by atoms with E-state index in [1.807, 2.05) is 6.92 Å². The molecule has 0 aliphatic carbocycles. The lowest BCUT2D eigenvalue weighted by Crippen LogP contribution is -2.25. The van der Waals surface area contributed by atoms with Crippen molar-refractivity contribution >= 4 is 28.9 Å². The van der Waals surface area contributed by atoms with Crippen LogP contribution >= 0.6 is 11.6 Å². The molecule has 0 heterocycles. The van der Waals surface area contributed by atoms with Crippen LogP contribution in [0.4, 0.5) is 11.4 Å². The van der Waals surface area contributed by atoms with Gasteiger partial charge in [-0.25, -0.2) is 0 Å². The SMILES string of the molecule is CCCNC(=O)CCNc1cc(Cl)ccc1N. The number of rotatable bonds is 6. The molecule has 0 spiro atoms. The van der Waals surface area contributed by atoms with E-state index in [-0.39, 0.29) is 5.91 Å². The maximum absolute atomic E-state index is 11.3. The predicted octanol–water partition coefficient (Wildman–Crippen LogP) is 2.25. The minimum Gasteiger partial charge on any atom is -0.397 e. The number of amides is 1.